The first kappa shape index (κ1) is 23.3. The molecule has 0 aliphatic carbocycles. The Morgan fingerprint density at radius 2 is 1.94 bits per heavy atom. The van der Waals surface area contributed by atoms with Gasteiger partial charge < -0.3 is 25.0 Å². The fraction of sp³-hybridized carbons (Fsp3) is 0.200. The zero-order chi connectivity index (χ0) is 24.9. The maximum absolute atomic E-state index is 12.5. The number of benzene rings is 2. The highest BCUT2D eigenvalue weighted by Gasteiger charge is 2.26. The zero-order valence-corrected chi connectivity index (χ0v) is 20.3. The number of carbonyl (C=O) groups is 1. The third-order valence-electron chi connectivity index (χ3n) is 5.70. The Morgan fingerprint density at radius 3 is 2.64 bits per heavy atom. The molecule has 1 aliphatic rings. The number of urea groups is 1. The van der Waals surface area contributed by atoms with Gasteiger partial charge in [0.05, 0.1) is 36.5 Å². The number of nitrogens with one attached hydrogen (secondary N) is 3. The Balaban J connectivity index is 1.43. The second-order valence-corrected chi connectivity index (χ2v) is 8.88. The SMILES string of the molecule is COc1ccccc1NC(=O)Nc1ccc(-c2c(-c3nc[nH]n3)sc(N3CCOCC3)c2C#N)cc1. The largest absolute Gasteiger partial charge is 0.495 e. The third-order valence-corrected chi connectivity index (χ3v) is 6.95. The standard InChI is InChI=1S/C25H23N7O3S/c1-34-20-5-3-2-4-19(20)30-25(33)29-17-8-6-16(7-9-17)21-18(14-26)24(32-10-12-35-13-11-32)36-22(21)23-27-15-28-31-23/h2-9,15H,10-13H2,1H3,(H,27,28,31)(H2,29,30,33). The Kier molecular flexibility index (Phi) is 6.79. The van der Waals surface area contributed by atoms with Crippen molar-refractivity contribution in [1.29, 1.82) is 5.26 Å². The molecule has 1 fully saturated rings. The fourth-order valence-electron chi connectivity index (χ4n) is 4.02. The topological polar surface area (TPSA) is 128 Å². The molecule has 2 amide bonds. The minimum atomic E-state index is -0.392. The van der Waals surface area contributed by atoms with Gasteiger partial charge in [-0.25, -0.2) is 9.78 Å². The molecule has 0 spiro atoms. The van der Waals surface area contributed by atoms with E-state index < -0.39 is 6.03 Å². The lowest BCUT2D eigenvalue weighted by Gasteiger charge is -2.27. The number of morpholine rings is 1. The predicted molar refractivity (Wildman–Crippen MR) is 139 cm³/mol. The lowest BCUT2D eigenvalue weighted by molar-refractivity contribution is 0.123. The van der Waals surface area contributed by atoms with E-state index in [0.717, 1.165) is 21.0 Å². The number of aromatic nitrogens is 3. The van der Waals surface area contributed by atoms with Crippen LogP contribution in [-0.4, -0.2) is 54.6 Å². The van der Waals surface area contributed by atoms with E-state index in [0.29, 0.717) is 54.8 Å². The van der Waals surface area contributed by atoms with Gasteiger partial charge in [-0.15, -0.1) is 11.3 Å². The van der Waals surface area contributed by atoms with E-state index in [4.69, 9.17) is 9.47 Å². The van der Waals surface area contributed by atoms with Gasteiger partial charge >= 0.3 is 6.03 Å². The Morgan fingerprint density at radius 1 is 1.17 bits per heavy atom. The number of methoxy groups -OCH3 is 1. The van der Waals surface area contributed by atoms with E-state index in [-0.39, 0.29) is 0 Å². The van der Waals surface area contributed by atoms with Gasteiger partial charge in [0, 0.05) is 24.3 Å². The predicted octanol–water partition coefficient (Wildman–Crippen LogP) is 4.56. The summed E-state index contributed by atoms with van der Waals surface area (Å²) >= 11 is 1.50. The van der Waals surface area contributed by atoms with Gasteiger partial charge in [-0.05, 0) is 29.8 Å². The van der Waals surface area contributed by atoms with Crippen molar-refractivity contribution in [3.05, 3.63) is 60.4 Å². The van der Waals surface area contributed by atoms with Crippen molar-refractivity contribution in [1.82, 2.24) is 15.2 Å². The van der Waals surface area contributed by atoms with Crippen molar-refractivity contribution in [2.45, 2.75) is 0 Å². The molecule has 0 saturated carbocycles. The molecule has 2 aromatic carbocycles. The number of rotatable bonds is 6. The van der Waals surface area contributed by atoms with Crippen LogP contribution >= 0.6 is 11.3 Å². The van der Waals surface area contributed by atoms with Crippen LogP contribution in [0.15, 0.2) is 54.9 Å². The molecule has 4 aromatic rings. The molecule has 182 valence electrons. The number of amides is 2. The van der Waals surface area contributed by atoms with Crippen LogP contribution in [0.4, 0.5) is 21.2 Å². The van der Waals surface area contributed by atoms with Crippen molar-refractivity contribution >= 4 is 33.7 Å². The number of nitrogens with zero attached hydrogens (tertiary/aromatic N) is 4. The molecule has 2 aromatic heterocycles. The Bertz CT molecular complexity index is 1390. The van der Waals surface area contributed by atoms with Crippen molar-refractivity contribution in [2.24, 2.45) is 0 Å². The highest BCUT2D eigenvalue weighted by Crippen LogP contribution is 2.46. The van der Waals surface area contributed by atoms with Crippen molar-refractivity contribution in [3.8, 4) is 33.6 Å². The summed E-state index contributed by atoms with van der Waals surface area (Å²) in [6.07, 6.45) is 1.52. The fourth-order valence-corrected chi connectivity index (χ4v) is 5.28. The average molecular weight is 502 g/mol. The van der Waals surface area contributed by atoms with Crippen LogP contribution < -0.4 is 20.3 Å². The van der Waals surface area contributed by atoms with Gasteiger partial charge in [0.1, 0.15) is 23.1 Å². The van der Waals surface area contributed by atoms with Gasteiger partial charge in [-0.1, -0.05) is 24.3 Å². The van der Waals surface area contributed by atoms with Crippen LogP contribution in [0.1, 0.15) is 5.56 Å². The van der Waals surface area contributed by atoms with Crippen molar-refractivity contribution in [3.63, 3.8) is 0 Å². The van der Waals surface area contributed by atoms with Crippen LogP contribution in [0.3, 0.4) is 0 Å². The first-order valence-electron chi connectivity index (χ1n) is 11.2. The van der Waals surface area contributed by atoms with Gasteiger partial charge in [0.25, 0.3) is 0 Å². The minimum Gasteiger partial charge on any atom is -0.495 e. The van der Waals surface area contributed by atoms with Gasteiger partial charge in [-0.3, -0.25) is 5.10 Å². The van der Waals surface area contributed by atoms with Crippen LogP contribution in [0.5, 0.6) is 5.75 Å². The second kappa shape index (κ2) is 10.5. The summed E-state index contributed by atoms with van der Waals surface area (Å²) in [5.41, 5.74) is 3.35. The highest BCUT2D eigenvalue weighted by atomic mass is 32.1. The number of thiophene rings is 1. The first-order chi connectivity index (χ1) is 17.7. The maximum Gasteiger partial charge on any atom is 0.323 e. The summed E-state index contributed by atoms with van der Waals surface area (Å²) in [5, 5.41) is 23.7. The van der Waals surface area contributed by atoms with E-state index in [1.807, 2.05) is 24.3 Å². The molecule has 0 atom stereocenters. The molecule has 3 N–H and O–H groups in total. The average Bonchev–Trinajstić information content (AvgIpc) is 3.58. The Hall–Kier alpha value is -4.40. The van der Waals surface area contributed by atoms with Crippen molar-refractivity contribution < 1.29 is 14.3 Å². The van der Waals surface area contributed by atoms with Gasteiger partial charge in [-0.2, -0.15) is 10.4 Å². The Labute approximate surface area is 211 Å². The summed E-state index contributed by atoms with van der Waals surface area (Å²) < 4.78 is 10.8. The molecule has 5 rings (SSSR count). The lowest BCUT2D eigenvalue weighted by Crippen LogP contribution is -2.36. The number of anilines is 3. The molecule has 1 aliphatic heterocycles. The third kappa shape index (κ3) is 4.72. The molecule has 0 radical (unpaired) electrons. The van der Waals surface area contributed by atoms with E-state index in [1.54, 1.807) is 31.4 Å². The molecular formula is C25H23N7O3S. The normalized spacial score (nSPS) is 13.2. The maximum atomic E-state index is 12.5. The summed E-state index contributed by atoms with van der Waals surface area (Å²) in [6, 6.07) is 16.5. The number of aromatic amines is 1. The number of para-hydroxylation sites is 2. The van der Waals surface area contributed by atoms with E-state index in [1.165, 1.54) is 17.7 Å². The van der Waals surface area contributed by atoms with E-state index in [2.05, 4.69) is 36.8 Å². The molecule has 1 saturated heterocycles. The lowest BCUT2D eigenvalue weighted by atomic mass is 10.0. The number of ether oxygens (including phenoxy) is 2. The number of hydrogen-bond donors (Lipinski definition) is 3. The molecule has 36 heavy (non-hydrogen) atoms. The van der Waals surface area contributed by atoms with Crippen LogP contribution in [-0.2, 0) is 4.74 Å². The van der Waals surface area contributed by atoms with Crippen LogP contribution in [0, 0.1) is 11.3 Å². The molecule has 3 heterocycles. The molecular weight excluding hydrogens is 478 g/mol. The van der Waals surface area contributed by atoms with Crippen molar-refractivity contribution in [2.75, 3.05) is 48.9 Å². The number of carbonyl (C=O) groups excluding carboxylic acids is 1. The van der Waals surface area contributed by atoms with Crippen LogP contribution in [0.25, 0.3) is 21.8 Å². The first-order valence-corrected chi connectivity index (χ1v) is 12.1. The number of H-pyrrole nitrogens is 1. The number of nitriles is 1. The smallest absolute Gasteiger partial charge is 0.323 e. The van der Waals surface area contributed by atoms with E-state index >= 15 is 0 Å². The summed E-state index contributed by atoms with van der Waals surface area (Å²) in [6.45, 7) is 2.66. The van der Waals surface area contributed by atoms with Gasteiger partial charge in [0.2, 0.25) is 0 Å². The molecule has 11 heteroatoms. The molecule has 0 bridgehead atoms. The second-order valence-electron chi connectivity index (χ2n) is 7.88. The quantitative estimate of drug-likeness (QED) is 0.353. The zero-order valence-electron chi connectivity index (χ0n) is 19.4. The summed E-state index contributed by atoms with van der Waals surface area (Å²) in [7, 11) is 1.55. The van der Waals surface area contributed by atoms with Crippen LogP contribution in [0.2, 0.25) is 0 Å². The monoisotopic (exact) mass is 501 g/mol. The molecule has 10 nitrogen and oxygen atoms in total. The van der Waals surface area contributed by atoms with E-state index in [9.17, 15) is 10.1 Å². The molecule has 0 unspecified atom stereocenters. The summed E-state index contributed by atoms with van der Waals surface area (Å²) in [4.78, 5) is 19.9. The summed E-state index contributed by atoms with van der Waals surface area (Å²) in [5.74, 6) is 1.10. The minimum absolute atomic E-state index is 0.392. The number of hydrogen-bond acceptors (Lipinski definition) is 8. The van der Waals surface area contributed by atoms with Gasteiger partial charge in [0.15, 0.2) is 5.82 Å². The highest BCUT2D eigenvalue weighted by molar-refractivity contribution is 7.20.